The van der Waals surface area contributed by atoms with Crippen molar-refractivity contribution in [2.24, 2.45) is 0 Å². The van der Waals surface area contributed by atoms with E-state index >= 15 is 0 Å². The first-order valence-corrected chi connectivity index (χ1v) is 4.61. The Bertz CT molecular complexity index is 436. The molecule has 0 atom stereocenters. The quantitative estimate of drug-likeness (QED) is 0.732. The van der Waals surface area contributed by atoms with Crippen molar-refractivity contribution in [2.75, 3.05) is 13.7 Å². The lowest BCUT2D eigenvalue weighted by molar-refractivity contribution is 0.200. The summed E-state index contributed by atoms with van der Waals surface area (Å²) in [5.41, 5.74) is 2.05. The monoisotopic (exact) mass is 191 g/mol. The van der Waals surface area contributed by atoms with Crippen LogP contribution in [0.4, 0.5) is 0 Å². The van der Waals surface area contributed by atoms with E-state index in [0.29, 0.717) is 6.61 Å². The molecule has 74 valence electrons. The van der Waals surface area contributed by atoms with E-state index in [9.17, 15) is 0 Å². The normalized spacial score (nSPS) is 11.0. The molecule has 0 aliphatic rings. The second-order valence-corrected chi connectivity index (χ2v) is 3.22. The lowest BCUT2D eigenvalue weighted by Crippen LogP contribution is -2.02. The summed E-state index contributed by atoms with van der Waals surface area (Å²) in [6.45, 7) is 2.72. The number of fused-ring (bicyclic) bond motifs is 1. The lowest BCUT2D eigenvalue weighted by atomic mass is 10.3. The van der Waals surface area contributed by atoms with Crippen molar-refractivity contribution in [1.82, 2.24) is 14.6 Å². The van der Waals surface area contributed by atoms with Crippen LogP contribution in [0.3, 0.4) is 0 Å². The fourth-order valence-electron chi connectivity index (χ4n) is 1.53. The number of hydrogen-bond donors (Lipinski definition) is 0. The second kappa shape index (κ2) is 3.75. The molecule has 0 aromatic carbocycles. The van der Waals surface area contributed by atoms with Crippen molar-refractivity contribution < 1.29 is 4.74 Å². The van der Waals surface area contributed by atoms with Gasteiger partial charge in [0.15, 0.2) is 5.65 Å². The smallest absolute Gasteiger partial charge is 0.160 e. The van der Waals surface area contributed by atoms with Crippen LogP contribution in [0.25, 0.3) is 5.65 Å². The molecule has 2 aromatic rings. The van der Waals surface area contributed by atoms with Crippen molar-refractivity contribution >= 4 is 5.65 Å². The maximum atomic E-state index is 5.02. The third-order valence-corrected chi connectivity index (χ3v) is 2.22. The zero-order valence-electron chi connectivity index (χ0n) is 8.40. The molecule has 14 heavy (non-hydrogen) atoms. The number of methoxy groups -OCH3 is 1. The standard InChI is InChI=1S/C10H13N3O/c1-8-4-3-5-9-11-12-10(13(8)9)6-7-14-2/h3-5H,6-7H2,1-2H3. The van der Waals surface area contributed by atoms with Crippen molar-refractivity contribution in [2.45, 2.75) is 13.3 Å². The molecular formula is C10H13N3O. The molecule has 2 heterocycles. The number of aromatic nitrogens is 3. The highest BCUT2D eigenvalue weighted by atomic mass is 16.5. The van der Waals surface area contributed by atoms with Gasteiger partial charge in [0.25, 0.3) is 0 Å². The van der Waals surface area contributed by atoms with E-state index in [2.05, 4.69) is 14.6 Å². The third kappa shape index (κ3) is 1.48. The molecule has 2 rings (SSSR count). The minimum Gasteiger partial charge on any atom is -0.384 e. The topological polar surface area (TPSA) is 39.4 Å². The summed E-state index contributed by atoms with van der Waals surface area (Å²) in [5.74, 6) is 0.958. The van der Waals surface area contributed by atoms with E-state index in [1.807, 2.05) is 25.1 Å². The van der Waals surface area contributed by atoms with Gasteiger partial charge in [-0.25, -0.2) is 0 Å². The fraction of sp³-hybridized carbons (Fsp3) is 0.400. The SMILES string of the molecule is COCCc1nnc2cccc(C)n12. The van der Waals surface area contributed by atoms with Gasteiger partial charge in [0.2, 0.25) is 0 Å². The minimum atomic E-state index is 0.676. The van der Waals surface area contributed by atoms with Crippen molar-refractivity contribution in [3.05, 3.63) is 29.7 Å². The van der Waals surface area contributed by atoms with Gasteiger partial charge in [0.05, 0.1) is 6.61 Å². The molecule has 0 spiro atoms. The summed E-state index contributed by atoms with van der Waals surface area (Å²) in [6.07, 6.45) is 0.794. The molecule has 0 aliphatic heterocycles. The molecule has 2 aromatic heterocycles. The molecule has 4 heteroatoms. The van der Waals surface area contributed by atoms with Crippen LogP contribution < -0.4 is 0 Å². The van der Waals surface area contributed by atoms with Gasteiger partial charge in [-0.2, -0.15) is 0 Å². The number of hydrogen-bond acceptors (Lipinski definition) is 3. The Hall–Kier alpha value is -1.42. The summed E-state index contributed by atoms with van der Waals surface area (Å²) in [6, 6.07) is 5.99. The van der Waals surface area contributed by atoms with Crippen LogP contribution in [-0.2, 0) is 11.2 Å². The average molecular weight is 191 g/mol. The largest absolute Gasteiger partial charge is 0.384 e. The van der Waals surface area contributed by atoms with Crippen molar-refractivity contribution in [1.29, 1.82) is 0 Å². The predicted molar refractivity (Wildman–Crippen MR) is 53.3 cm³/mol. The second-order valence-electron chi connectivity index (χ2n) is 3.22. The minimum absolute atomic E-state index is 0.676. The third-order valence-electron chi connectivity index (χ3n) is 2.22. The first-order valence-electron chi connectivity index (χ1n) is 4.61. The Kier molecular flexibility index (Phi) is 2.45. The van der Waals surface area contributed by atoms with E-state index < -0.39 is 0 Å². The first-order chi connectivity index (χ1) is 6.83. The highest BCUT2D eigenvalue weighted by Crippen LogP contribution is 2.07. The Labute approximate surface area is 82.5 Å². The zero-order valence-corrected chi connectivity index (χ0v) is 8.40. The lowest BCUT2D eigenvalue weighted by Gasteiger charge is -2.02. The Morgan fingerprint density at radius 2 is 2.21 bits per heavy atom. The van der Waals surface area contributed by atoms with Crippen LogP contribution in [0.5, 0.6) is 0 Å². The average Bonchev–Trinajstić information content (AvgIpc) is 2.59. The van der Waals surface area contributed by atoms with E-state index in [1.54, 1.807) is 7.11 Å². The summed E-state index contributed by atoms with van der Waals surface area (Å²) in [7, 11) is 1.69. The molecule has 0 fully saturated rings. The molecule has 0 saturated heterocycles. The predicted octanol–water partition coefficient (Wildman–Crippen LogP) is 1.23. The first kappa shape index (κ1) is 9.15. The number of nitrogens with zero attached hydrogens (tertiary/aromatic N) is 3. The summed E-state index contributed by atoms with van der Waals surface area (Å²) < 4.78 is 7.08. The molecule has 0 N–H and O–H groups in total. The van der Waals surface area contributed by atoms with E-state index in [0.717, 1.165) is 23.6 Å². The van der Waals surface area contributed by atoms with E-state index in [-0.39, 0.29) is 0 Å². The van der Waals surface area contributed by atoms with Crippen LogP contribution in [-0.4, -0.2) is 28.3 Å². The Morgan fingerprint density at radius 1 is 1.36 bits per heavy atom. The summed E-state index contributed by atoms with van der Waals surface area (Å²) in [5, 5.41) is 8.22. The van der Waals surface area contributed by atoms with Crippen LogP contribution in [0.15, 0.2) is 18.2 Å². The maximum absolute atomic E-state index is 5.02. The molecule has 0 unspecified atom stereocenters. The molecule has 0 saturated carbocycles. The van der Waals surface area contributed by atoms with Gasteiger partial charge in [-0.1, -0.05) is 6.07 Å². The highest BCUT2D eigenvalue weighted by Gasteiger charge is 2.05. The van der Waals surface area contributed by atoms with Crippen LogP contribution in [0, 0.1) is 6.92 Å². The van der Waals surface area contributed by atoms with Gasteiger partial charge in [-0.3, -0.25) is 4.40 Å². The van der Waals surface area contributed by atoms with Gasteiger partial charge < -0.3 is 4.74 Å². The van der Waals surface area contributed by atoms with Gasteiger partial charge in [-0.05, 0) is 19.1 Å². The number of ether oxygens (including phenoxy) is 1. The molecular weight excluding hydrogens is 178 g/mol. The number of aryl methyl sites for hydroxylation is 1. The van der Waals surface area contributed by atoms with Crippen LogP contribution in [0.2, 0.25) is 0 Å². The number of pyridine rings is 1. The maximum Gasteiger partial charge on any atom is 0.160 e. The molecule has 0 amide bonds. The van der Waals surface area contributed by atoms with Crippen molar-refractivity contribution in [3.8, 4) is 0 Å². The van der Waals surface area contributed by atoms with Gasteiger partial charge in [0, 0.05) is 19.2 Å². The summed E-state index contributed by atoms with van der Waals surface area (Å²) in [4.78, 5) is 0. The van der Waals surface area contributed by atoms with Gasteiger partial charge in [-0.15, -0.1) is 10.2 Å². The molecule has 0 radical (unpaired) electrons. The van der Waals surface area contributed by atoms with Gasteiger partial charge >= 0.3 is 0 Å². The fourth-order valence-corrected chi connectivity index (χ4v) is 1.53. The van der Waals surface area contributed by atoms with E-state index in [1.165, 1.54) is 0 Å². The molecule has 0 bridgehead atoms. The summed E-state index contributed by atoms with van der Waals surface area (Å²) >= 11 is 0. The van der Waals surface area contributed by atoms with Crippen LogP contribution >= 0.6 is 0 Å². The zero-order chi connectivity index (χ0) is 9.97. The van der Waals surface area contributed by atoms with Crippen molar-refractivity contribution in [3.63, 3.8) is 0 Å². The van der Waals surface area contributed by atoms with Gasteiger partial charge in [0.1, 0.15) is 5.82 Å². The highest BCUT2D eigenvalue weighted by molar-refractivity contribution is 5.39. The Morgan fingerprint density at radius 3 is 3.00 bits per heavy atom. The van der Waals surface area contributed by atoms with Crippen LogP contribution in [0.1, 0.15) is 11.5 Å². The molecule has 0 aliphatic carbocycles. The molecule has 4 nitrogen and oxygen atoms in total. The van der Waals surface area contributed by atoms with E-state index in [4.69, 9.17) is 4.74 Å². The Balaban J connectivity index is 2.45. The number of rotatable bonds is 3.